The Bertz CT molecular complexity index is 1060. The Kier molecular flexibility index (Phi) is 5.98. The molecule has 2 aromatic carbocycles. The van der Waals surface area contributed by atoms with Gasteiger partial charge < -0.3 is 15.2 Å². The van der Waals surface area contributed by atoms with Gasteiger partial charge in [0, 0.05) is 35.8 Å². The van der Waals surface area contributed by atoms with Gasteiger partial charge in [-0.25, -0.2) is 13.8 Å². The van der Waals surface area contributed by atoms with Crippen molar-refractivity contribution in [3.8, 4) is 0 Å². The number of H-pyrrole nitrogens is 1. The van der Waals surface area contributed by atoms with Crippen LogP contribution in [0, 0.1) is 0 Å². The van der Waals surface area contributed by atoms with Crippen molar-refractivity contribution in [1.29, 1.82) is 0 Å². The molecule has 0 unspecified atom stereocenters. The number of aromatic nitrogens is 2. The highest BCUT2D eigenvalue weighted by Gasteiger charge is 2.17. The number of aromatic amines is 1. The molecule has 1 aromatic heterocycles. The molecule has 30 heavy (non-hydrogen) atoms. The number of anilines is 1. The highest BCUT2D eigenvalue weighted by molar-refractivity contribution is 7.99. The molecule has 1 fully saturated rings. The fraction of sp³-hybridized carbons (Fsp3) is 0.286. The summed E-state index contributed by atoms with van der Waals surface area (Å²) < 4.78 is 25.5. The zero-order valence-electron chi connectivity index (χ0n) is 16.0. The van der Waals surface area contributed by atoms with Crippen LogP contribution < -0.4 is 5.32 Å². The van der Waals surface area contributed by atoms with Gasteiger partial charge in [0.05, 0.1) is 17.5 Å². The van der Waals surface area contributed by atoms with Crippen molar-refractivity contribution < 1.29 is 18.4 Å². The summed E-state index contributed by atoms with van der Waals surface area (Å²) >= 11 is 1.86. The van der Waals surface area contributed by atoms with E-state index in [1.54, 1.807) is 12.1 Å². The van der Waals surface area contributed by atoms with Crippen LogP contribution in [0.5, 0.6) is 0 Å². The summed E-state index contributed by atoms with van der Waals surface area (Å²) in [5, 5.41) is 2.78. The molecule has 1 saturated heterocycles. The van der Waals surface area contributed by atoms with Gasteiger partial charge in [-0.2, -0.15) is 11.8 Å². The van der Waals surface area contributed by atoms with Crippen LogP contribution in [0.2, 0.25) is 0 Å². The number of carbonyl (C=O) groups excluding carboxylic acids is 2. The smallest absolute Gasteiger partial charge is 0.295 e. The molecule has 0 radical (unpaired) electrons. The zero-order chi connectivity index (χ0) is 21.1. The molecule has 6 nitrogen and oxygen atoms in total. The van der Waals surface area contributed by atoms with Crippen molar-refractivity contribution in [3.63, 3.8) is 0 Å². The highest BCUT2D eigenvalue weighted by Crippen LogP contribution is 2.21. The Morgan fingerprint density at radius 1 is 1.13 bits per heavy atom. The molecule has 0 atom stereocenters. The van der Waals surface area contributed by atoms with Gasteiger partial charge in [-0.3, -0.25) is 9.59 Å². The third kappa shape index (κ3) is 4.62. The Morgan fingerprint density at radius 3 is 2.57 bits per heavy atom. The number of hydrogen-bond acceptors (Lipinski definition) is 4. The van der Waals surface area contributed by atoms with Crippen LogP contribution in [0.15, 0.2) is 42.5 Å². The van der Waals surface area contributed by atoms with Crippen molar-refractivity contribution >= 4 is 40.3 Å². The lowest BCUT2D eigenvalue weighted by molar-refractivity contribution is -0.130. The molecule has 0 bridgehead atoms. The number of thioether (sulfide) groups is 1. The van der Waals surface area contributed by atoms with E-state index in [2.05, 4.69) is 15.3 Å². The molecule has 0 spiro atoms. The predicted molar refractivity (Wildman–Crippen MR) is 113 cm³/mol. The molecule has 2 N–H and O–H groups in total. The van der Waals surface area contributed by atoms with E-state index in [4.69, 9.17) is 0 Å². The maximum atomic E-state index is 12.8. The molecule has 0 saturated carbocycles. The third-order valence-corrected chi connectivity index (χ3v) is 5.84. The average molecular weight is 430 g/mol. The number of fused-ring (bicyclic) bond motifs is 1. The summed E-state index contributed by atoms with van der Waals surface area (Å²) in [7, 11) is 0. The first kappa shape index (κ1) is 20.3. The number of nitrogens with zero attached hydrogens (tertiary/aromatic N) is 2. The minimum Gasteiger partial charge on any atom is -0.341 e. The number of hydrogen-bond donors (Lipinski definition) is 2. The average Bonchev–Trinajstić information content (AvgIpc) is 3.19. The molecule has 1 aliphatic rings. The van der Waals surface area contributed by atoms with Gasteiger partial charge in [0.1, 0.15) is 0 Å². The molecule has 9 heteroatoms. The summed E-state index contributed by atoms with van der Waals surface area (Å²) in [6.07, 6.45) is -2.36. The minimum absolute atomic E-state index is 0.114. The fourth-order valence-corrected chi connectivity index (χ4v) is 4.19. The van der Waals surface area contributed by atoms with Gasteiger partial charge in [0.2, 0.25) is 5.91 Å². The minimum atomic E-state index is -2.70. The second-order valence-electron chi connectivity index (χ2n) is 6.98. The van der Waals surface area contributed by atoms with Crippen LogP contribution in [-0.4, -0.2) is 51.3 Å². The second kappa shape index (κ2) is 8.83. The molecule has 3 aromatic rings. The molecule has 0 aliphatic carbocycles. The monoisotopic (exact) mass is 430 g/mol. The number of rotatable bonds is 5. The Balaban J connectivity index is 1.39. The van der Waals surface area contributed by atoms with Crippen LogP contribution in [0.1, 0.15) is 28.2 Å². The van der Waals surface area contributed by atoms with Gasteiger partial charge in [0.25, 0.3) is 12.3 Å². The van der Waals surface area contributed by atoms with E-state index >= 15 is 0 Å². The van der Waals surface area contributed by atoms with Crippen LogP contribution in [0.25, 0.3) is 11.0 Å². The number of amides is 2. The van der Waals surface area contributed by atoms with E-state index in [-0.39, 0.29) is 11.8 Å². The van der Waals surface area contributed by atoms with E-state index in [0.717, 1.165) is 30.2 Å². The number of nitrogens with one attached hydrogen (secondary N) is 2. The molecular formula is C21H20F2N4O2S. The van der Waals surface area contributed by atoms with Crippen LogP contribution in [0.4, 0.5) is 14.5 Å². The van der Waals surface area contributed by atoms with E-state index < -0.39 is 12.2 Å². The normalized spacial score (nSPS) is 14.3. The first-order valence-electron chi connectivity index (χ1n) is 9.53. The Labute approximate surface area is 176 Å². The van der Waals surface area contributed by atoms with E-state index in [1.165, 1.54) is 18.2 Å². The topological polar surface area (TPSA) is 78.1 Å². The maximum Gasteiger partial charge on any atom is 0.295 e. The lowest BCUT2D eigenvalue weighted by Crippen LogP contribution is -2.38. The SMILES string of the molecule is O=C(Nc1ccc(CC(=O)N2CCSCC2)cc1)c1ccc2nc(C(F)F)[nH]c2c1. The molecule has 4 rings (SSSR count). The third-order valence-electron chi connectivity index (χ3n) is 4.90. The van der Waals surface area contributed by atoms with Crippen LogP contribution in [-0.2, 0) is 11.2 Å². The molecular weight excluding hydrogens is 410 g/mol. The van der Waals surface area contributed by atoms with Crippen LogP contribution in [0.3, 0.4) is 0 Å². The molecule has 2 heterocycles. The summed E-state index contributed by atoms with van der Waals surface area (Å²) in [4.78, 5) is 33.1. The van der Waals surface area contributed by atoms with Gasteiger partial charge in [-0.05, 0) is 35.9 Å². The van der Waals surface area contributed by atoms with E-state index in [0.29, 0.717) is 28.7 Å². The molecule has 2 amide bonds. The van der Waals surface area contributed by atoms with Crippen molar-refractivity contribution in [2.24, 2.45) is 0 Å². The lowest BCUT2D eigenvalue weighted by Gasteiger charge is -2.26. The number of imidazole rings is 1. The van der Waals surface area contributed by atoms with Crippen molar-refractivity contribution in [3.05, 3.63) is 59.4 Å². The van der Waals surface area contributed by atoms with Crippen molar-refractivity contribution in [2.75, 3.05) is 29.9 Å². The summed E-state index contributed by atoms with van der Waals surface area (Å²) in [5.41, 5.74) is 2.55. The standard InChI is InChI=1S/C21H20F2N4O2S/c22-19(23)20-25-16-6-3-14(12-17(16)26-20)21(29)24-15-4-1-13(2-5-15)11-18(28)27-7-9-30-10-8-27/h1-6,12,19H,7-11H2,(H,24,29)(H,25,26). The van der Waals surface area contributed by atoms with Crippen molar-refractivity contribution in [1.82, 2.24) is 14.9 Å². The van der Waals surface area contributed by atoms with E-state index in [9.17, 15) is 18.4 Å². The van der Waals surface area contributed by atoms with E-state index in [1.807, 2.05) is 28.8 Å². The van der Waals surface area contributed by atoms with Gasteiger partial charge in [0.15, 0.2) is 5.82 Å². The second-order valence-corrected chi connectivity index (χ2v) is 8.20. The number of alkyl halides is 2. The summed E-state index contributed by atoms with van der Waals surface area (Å²) in [6, 6.07) is 11.7. The fourth-order valence-electron chi connectivity index (χ4n) is 3.28. The Morgan fingerprint density at radius 2 is 1.87 bits per heavy atom. The summed E-state index contributed by atoms with van der Waals surface area (Å²) in [5.74, 6) is 1.29. The highest BCUT2D eigenvalue weighted by atomic mass is 32.2. The maximum absolute atomic E-state index is 12.8. The van der Waals surface area contributed by atoms with Gasteiger partial charge >= 0.3 is 0 Å². The first-order valence-corrected chi connectivity index (χ1v) is 10.7. The summed E-state index contributed by atoms with van der Waals surface area (Å²) in [6.45, 7) is 1.58. The molecule has 156 valence electrons. The largest absolute Gasteiger partial charge is 0.341 e. The number of halogens is 2. The first-order chi connectivity index (χ1) is 14.5. The lowest BCUT2D eigenvalue weighted by atomic mass is 10.1. The quantitative estimate of drug-likeness (QED) is 0.644. The predicted octanol–water partition coefficient (Wildman–Crippen LogP) is 3.87. The van der Waals surface area contributed by atoms with Crippen LogP contribution >= 0.6 is 11.8 Å². The zero-order valence-corrected chi connectivity index (χ0v) is 16.8. The number of benzene rings is 2. The number of carbonyl (C=O) groups is 2. The molecule has 1 aliphatic heterocycles. The van der Waals surface area contributed by atoms with Gasteiger partial charge in [-0.1, -0.05) is 12.1 Å². The van der Waals surface area contributed by atoms with Crippen molar-refractivity contribution in [2.45, 2.75) is 12.8 Å². The van der Waals surface area contributed by atoms with Gasteiger partial charge in [-0.15, -0.1) is 0 Å². The Hall–Kier alpha value is -2.94.